The summed E-state index contributed by atoms with van der Waals surface area (Å²) in [4.78, 5) is 26.8. The van der Waals surface area contributed by atoms with E-state index in [4.69, 9.17) is 4.74 Å². The Hall–Kier alpha value is -1.84. The molecule has 4 nitrogen and oxygen atoms in total. The van der Waals surface area contributed by atoms with Gasteiger partial charge < -0.3 is 9.64 Å². The predicted octanol–water partition coefficient (Wildman–Crippen LogP) is 3.16. The number of methoxy groups -OCH3 is 1. The molecule has 0 saturated carbocycles. The molecule has 2 rings (SSSR count). The molecule has 4 heteroatoms. The van der Waals surface area contributed by atoms with Crippen molar-refractivity contribution in [1.29, 1.82) is 0 Å². The standard InChI is InChI=1S/C19H27NO3/c1-18(2,3)14-16(21)20-12-10-19(11-13-20,17(22)23-4)15-8-6-5-7-9-15/h5-9H,10-14H2,1-4H3. The Kier molecular flexibility index (Phi) is 5.12. The van der Waals surface area contributed by atoms with Gasteiger partial charge in [-0.3, -0.25) is 9.59 Å². The molecule has 0 atom stereocenters. The van der Waals surface area contributed by atoms with Gasteiger partial charge in [-0.2, -0.15) is 0 Å². The number of nitrogens with zero attached hydrogens (tertiary/aromatic N) is 1. The lowest BCUT2D eigenvalue weighted by Gasteiger charge is -2.40. The number of benzene rings is 1. The summed E-state index contributed by atoms with van der Waals surface area (Å²) in [5.74, 6) is -0.0318. The predicted molar refractivity (Wildman–Crippen MR) is 90.0 cm³/mol. The summed E-state index contributed by atoms with van der Waals surface area (Å²) >= 11 is 0. The van der Waals surface area contributed by atoms with Crippen molar-refractivity contribution in [3.05, 3.63) is 35.9 Å². The summed E-state index contributed by atoms with van der Waals surface area (Å²) in [5.41, 5.74) is 0.330. The number of piperidine rings is 1. The lowest BCUT2D eigenvalue weighted by atomic mass is 9.72. The van der Waals surface area contributed by atoms with E-state index in [2.05, 4.69) is 20.8 Å². The molecule has 126 valence electrons. The second-order valence-electron chi connectivity index (χ2n) is 7.56. The third-order valence-corrected chi connectivity index (χ3v) is 4.55. The van der Waals surface area contributed by atoms with Crippen LogP contribution in [0.4, 0.5) is 0 Å². The minimum absolute atomic E-state index is 0.0204. The fourth-order valence-electron chi connectivity index (χ4n) is 3.27. The minimum atomic E-state index is -0.630. The van der Waals surface area contributed by atoms with Crippen molar-refractivity contribution < 1.29 is 14.3 Å². The maximum atomic E-state index is 12.5. The van der Waals surface area contributed by atoms with Crippen LogP contribution >= 0.6 is 0 Å². The van der Waals surface area contributed by atoms with Crippen LogP contribution in [0.15, 0.2) is 30.3 Å². The molecule has 1 aliphatic heterocycles. The average molecular weight is 317 g/mol. The van der Waals surface area contributed by atoms with Gasteiger partial charge in [0.25, 0.3) is 0 Å². The lowest BCUT2D eigenvalue weighted by molar-refractivity contribution is -0.152. The second kappa shape index (κ2) is 6.73. The highest BCUT2D eigenvalue weighted by atomic mass is 16.5. The van der Waals surface area contributed by atoms with Crippen molar-refractivity contribution in [2.24, 2.45) is 5.41 Å². The third kappa shape index (κ3) is 3.92. The number of ether oxygens (including phenoxy) is 1. The van der Waals surface area contributed by atoms with E-state index in [0.29, 0.717) is 32.4 Å². The van der Waals surface area contributed by atoms with Crippen LogP contribution in [0.1, 0.15) is 45.6 Å². The molecule has 0 aromatic heterocycles. The number of amides is 1. The molecule has 1 aromatic carbocycles. The van der Waals surface area contributed by atoms with Crippen LogP contribution < -0.4 is 0 Å². The Labute approximate surface area is 138 Å². The smallest absolute Gasteiger partial charge is 0.316 e. The molecule has 0 spiro atoms. The van der Waals surface area contributed by atoms with Crippen LogP contribution in [0, 0.1) is 5.41 Å². The first-order valence-electron chi connectivity index (χ1n) is 8.20. The third-order valence-electron chi connectivity index (χ3n) is 4.55. The zero-order chi connectivity index (χ0) is 17.1. The summed E-state index contributed by atoms with van der Waals surface area (Å²) in [5, 5.41) is 0. The Morgan fingerprint density at radius 3 is 2.17 bits per heavy atom. The van der Waals surface area contributed by atoms with Gasteiger partial charge in [-0.25, -0.2) is 0 Å². The van der Waals surface area contributed by atoms with E-state index < -0.39 is 5.41 Å². The van der Waals surface area contributed by atoms with Crippen molar-refractivity contribution in [3.8, 4) is 0 Å². The molecule has 1 fully saturated rings. The highest BCUT2D eigenvalue weighted by molar-refractivity contribution is 5.84. The monoisotopic (exact) mass is 317 g/mol. The molecule has 0 bridgehead atoms. The fraction of sp³-hybridized carbons (Fsp3) is 0.579. The summed E-state index contributed by atoms with van der Waals surface area (Å²) in [7, 11) is 1.43. The molecule has 1 saturated heterocycles. The molecule has 1 aromatic rings. The highest BCUT2D eigenvalue weighted by Crippen LogP contribution is 2.37. The van der Waals surface area contributed by atoms with Crippen LogP contribution in [0.25, 0.3) is 0 Å². The fourth-order valence-corrected chi connectivity index (χ4v) is 3.27. The van der Waals surface area contributed by atoms with Gasteiger partial charge in [0.2, 0.25) is 5.91 Å². The van der Waals surface area contributed by atoms with E-state index in [1.165, 1.54) is 7.11 Å². The number of hydrogen-bond acceptors (Lipinski definition) is 3. The van der Waals surface area contributed by atoms with Gasteiger partial charge >= 0.3 is 5.97 Å². The summed E-state index contributed by atoms with van der Waals surface area (Å²) in [6.07, 6.45) is 1.75. The maximum Gasteiger partial charge on any atom is 0.316 e. The molecular formula is C19H27NO3. The zero-order valence-electron chi connectivity index (χ0n) is 14.6. The highest BCUT2D eigenvalue weighted by Gasteiger charge is 2.44. The summed E-state index contributed by atoms with van der Waals surface area (Å²) < 4.78 is 5.08. The van der Waals surface area contributed by atoms with E-state index in [1.54, 1.807) is 0 Å². The number of carbonyl (C=O) groups is 2. The minimum Gasteiger partial charge on any atom is -0.468 e. The van der Waals surface area contributed by atoms with Gasteiger partial charge in [-0.05, 0) is 23.8 Å². The Bertz CT molecular complexity index is 552. The van der Waals surface area contributed by atoms with Crippen molar-refractivity contribution in [2.45, 2.75) is 45.4 Å². The van der Waals surface area contributed by atoms with Gasteiger partial charge in [0.05, 0.1) is 12.5 Å². The molecule has 0 unspecified atom stereocenters. The molecule has 1 aliphatic rings. The number of esters is 1. The van der Waals surface area contributed by atoms with Crippen molar-refractivity contribution in [2.75, 3.05) is 20.2 Å². The largest absolute Gasteiger partial charge is 0.468 e. The molecule has 1 heterocycles. The molecular weight excluding hydrogens is 290 g/mol. The topological polar surface area (TPSA) is 46.6 Å². The van der Waals surface area contributed by atoms with Gasteiger partial charge in [0, 0.05) is 19.5 Å². The zero-order valence-corrected chi connectivity index (χ0v) is 14.6. The molecule has 0 radical (unpaired) electrons. The number of likely N-dealkylation sites (tertiary alicyclic amines) is 1. The van der Waals surface area contributed by atoms with Crippen LogP contribution in [-0.2, 0) is 19.7 Å². The number of hydrogen-bond donors (Lipinski definition) is 0. The average Bonchev–Trinajstić information content (AvgIpc) is 2.53. The Morgan fingerprint density at radius 1 is 1.13 bits per heavy atom. The van der Waals surface area contributed by atoms with E-state index >= 15 is 0 Å². The summed E-state index contributed by atoms with van der Waals surface area (Å²) in [6.45, 7) is 7.39. The van der Waals surface area contributed by atoms with Gasteiger partial charge in [-0.1, -0.05) is 51.1 Å². The first-order valence-corrected chi connectivity index (χ1v) is 8.20. The molecule has 1 amide bonds. The van der Waals surface area contributed by atoms with E-state index in [-0.39, 0.29) is 17.3 Å². The van der Waals surface area contributed by atoms with Gasteiger partial charge in [0.15, 0.2) is 0 Å². The van der Waals surface area contributed by atoms with Gasteiger partial charge in [0.1, 0.15) is 0 Å². The summed E-state index contributed by atoms with van der Waals surface area (Å²) in [6, 6.07) is 9.78. The van der Waals surface area contributed by atoms with E-state index in [0.717, 1.165) is 5.56 Å². The quantitative estimate of drug-likeness (QED) is 0.805. The van der Waals surface area contributed by atoms with Crippen molar-refractivity contribution in [3.63, 3.8) is 0 Å². The number of rotatable bonds is 3. The van der Waals surface area contributed by atoms with Crippen LogP contribution in [0.3, 0.4) is 0 Å². The van der Waals surface area contributed by atoms with Crippen LogP contribution in [0.2, 0.25) is 0 Å². The van der Waals surface area contributed by atoms with E-state index in [9.17, 15) is 9.59 Å². The SMILES string of the molecule is COC(=O)C1(c2ccccc2)CCN(C(=O)CC(C)(C)C)CC1. The normalized spacial score (nSPS) is 17.7. The molecule has 23 heavy (non-hydrogen) atoms. The number of carbonyl (C=O) groups excluding carboxylic acids is 2. The Balaban J connectivity index is 2.15. The van der Waals surface area contributed by atoms with Gasteiger partial charge in [-0.15, -0.1) is 0 Å². The molecule has 0 N–H and O–H groups in total. The lowest BCUT2D eigenvalue weighted by Crippen LogP contribution is -2.49. The van der Waals surface area contributed by atoms with Crippen LogP contribution in [0.5, 0.6) is 0 Å². The Morgan fingerprint density at radius 2 is 1.70 bits per heavy atom. The maximum absolute atomic E-state index is 12.5. The molecule has 0 aliphatic carbocycles. The first-order chi connectivity index (χ1) is 10.8. The van der Waals surface area contributed by atoms with E-state index in [1.807, 2.05) is 35.2 Å². The second-order valence-corrected chi connectivity index (χ2v) is 7.56. The van der Waals surface area contributed by atoms with Crippen molar-refractivity contribution >= 4 is 11.9 Å². The van der Waals surface area contributed by atoms with Crippen molar-refractivity contribution in [1.82, 2.24) is 4.90 Å². The first kappa shape index (κ1) is 17.5. The van der Waals surface area contributed by atoms with Crippen LogP contribution in [-0.4, -0.2) is 37.0 Å².